The number of ether oxygens (including phenoxy) is 2. The molecule has 0 fully saturated rings. The molecule has 0 aliphatic heterocycles. The lowest BCUT2D eigenvalue weighted by atomic mass is 10.0. The number of hydrogen-bond donors (Lipinski definition) is 2. The molecule has 0 bridgehead atoms. The Hall–Kier alpha value is -3.10. The first-order valence-corrected chi connectivity index (χ1v) is 6.58. The topological polar surface area (TPSA) is 127 Å². The summed E-state index contributed by atoms with van der Waals surface area (Å²) in [4.78, 5) is 38.4. The van der Waals surface area contributed by atoms with Crippen LogP contribution in [0.5, 0.6) is 11.5 Å². The Kier molecular flexibility index (Phi) is 4.49. The molecule has 9 heteroatoms. The number of nitro benzene ring substituents is 1. The molecule has 0 saturated carbocycles. The highest BCUT2D eigenvalue weighted by Crippen LogP contribution is 2.35. The van der Waals surface area contributed by atoms with Crippen LogP contribution in [-0.4, -0.2) is 29.1 Å². The van der Waals surface area contributed by atoms with Crippen molar-refractivity contribution in [1.82, 2.24) is 9.97 Å². The molecule has 1 aromatic heterocycles. The van der Waals surface area contributed by atoms with Crippen molar-refractivity contribution in [2.24, 2.45) is 0 Å². The van der Waals surface area contributed by atoms with Crippen LogP contribution in [0.15, 0.2) is 21.7 Å². The van der Waals surface area contributed by atoms with Gasteiger partial charge in [-0.1, -0.05) is 0 Å². The molecule has 2 N–H and O–H groups in total. The molecule has 0 spiro atoms. The summed E-state index contributed by atoms with van der Waals surface area (Å²) in [5, 5.41) is 11.3. The maximum atomic E-state index is 11.9. The van der Waals surface area contributed by atoms with E-state index in [1.54, 1.807) is 6.92 Å². The molecular weight excluding hydrogens is 306 g/mol. The zero-order chi connectivity index (χ0) is 17.1. The first-order chi connectivity index (χ1) is 10.9. The summed E-state index contributed by atoms with van der Waals surface area (Å²) in [5.41, 5.74) is -0.558. The SMILES string of the molecule is COc1cc(Cc2c(C)[nH]c(=O)[nH]c2=O)c([N+](=O)[O-])cc1OC. The normalized spacial score (nSPS) is 10.4. The van der Waals surface area contributed by atoms with Gasteiger partial charge in [0.05, 0.1) is 25.2 Å². The molecule has 1 aromatic carbocycles. The number of benzene rings is 1. The third-order valence-electron chi connectivity index (χ3n) is 3.40. The Labute approximate surface area is 130 Å². The first kappa shape index (κ1) is 16.3. The Morgan fingerprint density at radius 3 is 2.26 bits per heavy atom. The standard InChI is InChI=1S/C14H15N3O6/c1-7-9(13(18)16-14(19)15-7)4-8-5-11(22-2)12(23-3)6-10(8)17(20)21/h5-6H,4H2,1-3H3,(H2,15,16,18,19). The lowest BCUT2D eigenvalue weighted by molar-refractivity contribution is -0.385. The average Bonchev–Trinajstić information content (AvgIpc) is 2.49. The van der Waals surface area contributed by atoms with E-state index >= 15 is 0 Å². The van der Waals surface area contributed by atoms with Crippen LogP contribution in [0.4, 0.5) is 5.69 Å². The molecule has 23 heavy (non-hydrogen) atoms. The molecule has 0 aliphatic rings. The van der Waals surface area contributed by atoms with Crippen LogP contribution in [-0.2, 0) is 6.42 Å². The van der Waals surface area contributed by atoms with E-state index in [1.165, 1.54) is 26.4 Å². The maximum absolute atomic E-state index is 11.9. The lowest BCUT2D eigenvalue weighted by Crippen LogP contribution is -2.27. The van der Waals surface area contributed by atoms with Gasteiger partial charge in [-0.15, -0.1) is 0 Å². The Morgan fingerprint density at radius 2 is 1.74 bits per heavy atom. The average molecular weight is 321 g/mol. The quantitative estimate of drug-likeness (QED) is 0.622. The summed E-state index contributed by atoms with van der Waals surface area (Å²) in [7, 11) is 2.78. The van der Waals surface area contributed by atoms with Crippen LogP contribution < -0.4 is 20.7 Å². The number of nitrogens with one attached hydrogen (secondary N) is 2. The summed E-state index contributed by atoms with van der Waals surface area (Å²) in [6.45, 7) is 1.55. The van der Waals surface area contributed by atoms with E-state index in [0.29, 0.717) is 11.4 Å². The van der Waals surface area contributed by atoms with E-state index in [1.807, 2.05) is 0 Å². The highest BCUT2D eigenvalue weighted by atomic mass is 16.6. The van der Waals surface area contributed by atoms with E-state index in [9.17, 15) is 19.7 Å². The molecule has 2 aromatic rings. The van der Waals surface area contributed by atoms with Crippen molar-refractivity contribution in [3.05, 3.63) is 59.9 Å². The number of nitrogens with zero attached hydrogens (tertiary/aromatic N) is 1. The van der Waals surface area contributed by atoms with Crippen LogP contribution in [0.2, 0.25) is 0 Å². The highest BCUT2D eigenvalue weighted by molar-refractivity contribution is 5.55. The van der Waals surface area contributed by atoms with Gasteiger partial charge >= 0.3 is 5.69 Å². The molecule has 0 saturated heterocycles. The minimum absolute atomic E-state index is 0.0331. The second-order valence-corrected chi connectivity index (χ2v) is 4.78. The number of aromatic amines is 2. The molecule has 2 rings (SSSR count). The van der Waals surface area contributed by atoms with Gasteiger partial charge in [0, 0.05) is 23.2 Å². The molecule has 0 radical (unpaired) electrons. The summed E-state index contributed by atoms with van der Waals surface area (Å²) in [6.07, 6.45) is -0.0331. The molecule has 9 nitrogen and oxygen atoms in total. The van der Waals surface area contributed by atoms with E-state index < -0.39 is 16.2 Å². The molecule has 0 aliphatic carbocycles. The summed E-state index contributed by atoms with van der Waals surface area (Å²) < 4.78 is 10.2. The summed E-state index contributed by atoms with van der Waals surface area (Å²) in [6, 6.07) is 2.68. The van der Waals surface area contributed by atoms with E-state index in [4.69, 9.17) is 9.47 Å². The van der Waals surface area contributed by atoms with Crippen molar-refractivity contribution < 1.29 is 14.4 Å². The van der Waals surface area contributed by atoms with Crippen molar-refractivity contribution in [2.45, 2.75) is 13.3 Å². The van der Waals surface area contributed by atoms with Gasteiger partial charge in [-0.25, -0.2) is 4.79 Å². The fraction of sp³-hybridized carbons (Fsp3) is 0.286. The number of nitro groups is 1. The van der Waals surface area contributed by atoms with E-state index in [-0.39, 0.29) is 29.0 Å². The van der Waals surface area contributed by atoms with Crippen molar-refractivity contribution >= 4 is 5.69 Å². The fourth-order valence-electron chi connectivity index (χ4n) is 2.25. The summed E-state index contributed by atoms with van der Waals surface area (Å²) in [5.74, 6) is 0.529. The van der Waals surface area contributed by atoms with E-state index in [0.717, 1.165) is 0 Å². The minimum atomic E-state index is -0.627. The minimum Gasteiger partial charge on any atom is -0.493 e. The first-order valence-electron chi connectivity index (χ1n) is 6.58. The predicted octanol–water partition coefficient (Wildman–Crippen LogP) is 0.888. The van der Waals surface area contributed by atoms with Gasteiger partial charge < -0.3 is 14.5 Å². The van der Waals surface area contributed by atoms with Gasteiger partial charge in [-0.05, 0) is 13.0 Å². The number of aromatic nitrogens is 2. The second-order valence-electron chi connectivity index (χ2n) is 4.78. The molecule has 0 amide bonds. The van der Waals surface area contributed by atoms with E-state index in [2.05, 4.69) is 9.97 Å². The monoisotopic (exact) mass is 321 g/mol. The number of aryl methyl sites for hydroxylation is 1. The molecule has 0 atom stereocenters. The van der Waals surface area contributed by atoms with Gasteiger partial charge in [0.15, 0.2) is 11.5 Å². The maximum Gasteiger partial charge on any atom is 0.325 e. The number of hydrogen-bond acceptors (Lipinski definition) is 6. The van der Waals surface area contributed by atoms with Gasteiger partial charge in [0.25, 0.3) is 11.2 Å². The number of rotatable bonds is 5. The van der Waals surface area contributed by atoms with Crippen molar-refractivity contribution in [3.63, 3.8) is 0 Å². The third kappa shape index (κ3) is 3.23. The molecule has 122 valence electrons. The van der Waals surface area contributed by atoms with Crippen LogP contribution >= 0.6 is 0 Å². The zero-order valence-electron chi connectivity index (χ0n) is 12.8. The third-order valence-corrected chi connectivity index (χ3v) is 3.40. The fourth-order valence-corrected chi connectivity index (χ4v) is 2.25. The number of H-pyrrole nitrogens is 2. The van der Waals surface area contributed by atoms with Crippen LogP contribution in [0.1, 0.15) is 16.8 Å². The van der Waals surface area contributed by atoms with Gasteiger partial charge in [0.2, 0.25) is 0 Å². The Bertz CT molecular complexity index is 868. The molecule has 0 unspecified atom stereocenters. The Morgan fingerprint density at radius 1 is 1.13 bits per heavy atom. The largest absolute Gasteiger partial charge is 0.493 e. The second kappa shape index (κ2) is 6.34. The smallest absolute Gasteiger partial charge is 0.325 e. The summed E-state index contributed by atoms with van der Waals surface area (Å²) >= 11 is 0. The predicted molar refractivity (Wildman–Crippen MR) is 81.4 cm³/mol. The van der Waals surface area contributed by atoms with Gasteiger partial charge in [-0.2, -0.15) is 0 Å². The van der Waals surface area contributed by atoms with Crippen LogP contribution in [0.25, 0.3) is 0 Å². The molecule has 1 heterocycles. The van der Waals surface area contributed by atoms with Crippen molar-refractivity contribution in [2.75, 3.05) is 14.2 Å². The van der Waals surface area contributed by atoms with Crippen LogP contribution in [0, 0.1) is 17.0 Å². The molecular formula is C14H15N3O6. The lowest BCUT2D eigenvalue weighted by Gasteiger charge is -2.11. The number of methoxy groups -OCH3 is 2. The Balaban J connectivity index is 2.61. The van der Waals surface area contributed by atoms with Crippen molar-refractivity contribution in [3.8, 4) is 11.5 Å². The zero-order valence-corrected chi connectivity index (χ0v) is 12.8. The van der Waals surface area contributed by atoms with Crippen LogP contribution in [0.3, 0.4) is 0 Å². The van der Waals surface area contributed by atoms with Gasteiger partial charge in [-0.3, -0.25) is 19.9 Å². The highest BCUT2D eigenvalue weighted by Gasteiger charge is 2.21. The van der Waals surface area contributed by atoms with Gasteiger partial charge in [0.1, 0.15) is 0 Å². The van der Waals surface area contributed by atoms with Crippen molar-refractivity contribution in [1.29, 1.82) is 0 Å².